The van der Waals surface area contributed by atoms with Crippen LogP contribution in [0, 0.1) is 48.3 Å². The van der Waals surface area contributed by atoms with E-state index in [1.807, 2.05) is 31.2 Å². The maximum atomic E-state index is 13.3. The lowest BCUT2D eigenvalue weighted by Crippen LogP contribution is -2.44. The van der Waals surface area contributed by atoms with Crippen molar-refractivity contribution in [3.8, 4) is 0 Å². The van der Waals surface area contributed by atoms with Crippen LogP contribution in [0.15, 0.2) is 36.4 Å². The van der Waals surface area contributed by atoms with E-state index in [0.29, 0.717) is 11.8 Å². The first-order chi connectivity index (χ1) is 14.5. The maximum absolute atomic E-state index is 13.3. The van der Waals surface area contributed by atoms with Gasteiger partial charge in [0, 0.05) is 17.6 Å². The molecule has 5 heteroatoms. The Hall–Kier alpha value is -2.43. The summed E-state index contributed by atoms with van der Waals surface area (Å²) in [7, 11) is 0. The first kappa shape index (κ1) is 18.3. The summed E-state index contributed by atoms with van der Waals surface area (Å²) in [6, 6.07) is 7.80. The van der Waals surface area contributed by atoms with Crippen molar-refractivity contribution >= 4 is 23.4 Å². The van der Waals surface area contributed by atoms with Crippen LogP contribution < -0.4 is 5.32 Å². The molecule has 0 aromatic heterocycles. The van der Waals surface area contributed by atoms with Gasteiger partial charge >= 0.3 is 0 Å². The standard InChI is InChI=1S/C25H28N2O3/c1-13-3-2-4-15(11-13)26-23(28)14-5-7-16(8-6-14)27-24(29)21-17-9-10-18(20-12-19(17)20)22(21)25(27)30/h2-4,9-11,14,16-22H,5-8,12H2,1H3,(H,26,28)/t14?,16?,17-,18-,19-,20-,21+,22+/m0/s1. The van der Waals surface area contributed by atoms with Crippen molar-refractivity contribution < 1.29 is 14.4 Å². The third-order valence-electron chi connectivity index (χ3n) is 8.42. The number of imide groups is 1. The zero-order valence-electron chi connectivity index (χ0n) is 17.3. The van der Waals surface area contributed by atoms with Crippen molar-refractivity contribution in [2.75, 3.05) is 5.32 Å². The molecule has 4 fully saturated rings. The molecule has 5 aliphatic carbocycles. The smallest absolute Gasteiger partial charge is 0.233 e. The third kappa shape index (κ3) is 2.63. The van der Waals surface area contributed by atoms with Crippen LogP contribution in [0.4, 0.5) is 5.69 Å². The predicted octanol–water partition coefficient (Wildman–Crippen LogP) is 3.55. The monoisotopic (exact) mass is 404 g/mol. The largest absolute Gasteiger partial charge is 0.326 e. The van der Waals surface area contributed by atoms with Gasteiger partial charge in [0.25, 0.3) is 0 Å². The number of rotatable bonds is 3. The van der Waals surface area contributed by atoms with Crippen LogP contribution in [0.3, 0.4) is 0 Å². The van der Waals surface area contributed by atoms with Crippen LogP contribution in [0.25, 0.3) is 0 Å². The molecule has 6 aliphatic rings. The highest BCUT2D eigenvalue weighted by molar-refractivity contribution is 6.06. The molecular weight excluding hydrogens is 376 g/mol. The Bertz CT molecular complexity index is 925. The number of carbonyl (C=O) groups is 3. The van der Waals surface area contributed by atoms with E-state index in [2.05, 4.69) is 17.5 Å². The molecule has 1 saturated heterocycles. The molecule has 6 atom stereocenters. The Morgan fingerprint density at radius 3 is 2.20 bits per heavy atom. The fraction of sp³-hybridized carbons (Fsp3) is 0.560. The summed E-state index contributed by atoms with van der Waals surface area (Å²) in [5, 5.41) is 3.03. The Kier molecular flexibility index (Phi) is 4.00. The zero-order chi connectivity index (χ0) is 20.6. The molecular formula is C25H28N2O3. The summed E-state index contributed by atoms with van der Waals surface area (Å²) in [5.41, 5.74) is 1.95. The van der Waals surface area contributed by atoms with Crippen molar-refractivity contribution in [2.24, 2.45) is 41.4 Å². The van der Waals surface area contributed by atoms with Gasteiger partial charge in [0.2, 0.25) is 17.7 Å². The molecule has 3 amide bonds. The van der Waals surface area contributed by atoms with Gasteiger partial charge in [0.05, 0.1) is 11.8 Å². The van der Waals surface area contributed by atoms with Crippen molar-refractivity contribution in [3.05, 3.63) is 42.0 Å². The SMILES string of the molecule is Cc1cccc(NC(=O)C2CCC(N3C(=O)[C@@H]4[C@H]5C=C[C@@H]([C@@H]6C[C@@H]56)[C@H]4C3=O)CC2)c1. The average Bonchev–Trinajstić information content (AvgIpc) is 3.52. The molecule has 2 bridgehead atoms. The molecule has 1 heterocycles. The van der Waals surface area contributed by atoms with E-state index < -0.39 is 0 Å². The van der Waals surface area contributed by atoms with E-state index in [9.17, 15) is 14.4 Å². The fourth-order valence-corrected chi connectivity index (χ4v) is 6.90. The van der Waals surface area contributed by atoms with Crippen molar-refractivity contribution in [1.82, 2.24) is 4.90 Å². The number of carbonyl (C=O) groups excluding carboxylic acids is 3. The second kappa shape index (κ2) is 6.53. The Balaban J connectivity index is 1.12. The molecule has 1 N–H and O–H groups in total. The minimum absolute atomic E-state index is 0.0330. The molecule has 0 unspecified atom stereocenters. The Labute approximate surface area is 176 Å². The number of hydrogen-bond donors (Lipinski definition) is 1. The van der Waals surface area contributed by atoms with Crippen LogP contribution in [0.1, 0.15) is 37.7 Å². The van der Waals surface area contributed by atoms with E-state index in [-0.39, 0.29) is 53.4 Å². The topological polar surface area (TPSA) is 66.5 Å². The number of amides is 3. The number of allylic oxidation sites excluding steroid dienone is 2. The fourth-order valence-electron chi connectivity index (χ4n) is 6.90. The lowest BCUT2D eigenvalue weighted by molar-refractivity contribution is -0.144. The van der Waals surface area contributed by atoms with Crippen LogP contribution in [0.5, 0.6) is 0 Å². The van der Waals surface area contributed by atoms with Gasteiger partial charge in [-0.15, -0.1) is 0 Å². The van der Waals surface area contributed by atoms with Gasteiger partial charge in [0.1, 0.15) is 0 Å². The van der Waals surface area contributed by atoms with Crippen molar-refractivity contribution in [1.29, 1.82) is 0 Å². The molecule has 5 nitrogen and oxygen atoms in total. The number of likely N-dealkylation sites (tertiary alicyclic amines) is 1. The summed E-state index contributed by atoms with van der Waals surface area (Å²) in [4.78, 5) is 40.9. The highest BCUT2D eigenvalue weighted by Crippen LogP contribution is 2.65. The molecule has 7 rings (SSSR count). The highest BCUT2D eigenvalue weighted by Gasteiger charge is 2.67. The number of anilines is 1. The predicted molar refractivity (Wildman–Crippen MR) is 112 cm³/mol. The summed E-state index contributed by atoms with van der Waals surface area (Å²) >= 11 is 0. The summed E-state index contributed by atoms with van der Waals surface area (Å²) in [6.07, 6.45) is 8.56. The zero-order valence-corrected chi connectivity index (χ0v) is 17.3. The van der Waals surface area contributed by atoms with Gasteiger partial charge in [-0.2, -0.15) is 0 Å². The van der Waals surface area contributed by atoms with Crippen LogP contribution >= 0.6 is 0 Å². The van der Waals surface area contributed by atoms with E-state index in [4.69, 9.17) is 0 Å². The summed E-state index contributed by atoms with van der Waals surface area (Å²) < 4.78 is 0. The molecule has 0 radical (unpaired) electrons. The average molecular weight is 405 g/mol. The number of aryl methyl sites for hydroxylation is 1. The molecule has 1 aromatic carbocycles. The second-order valence-electron chi connectivity index (χ2n) is 10.1. The van der Waals surface area contributed by atoms with Crippen LogP contribution in [-0.4, -0.2) is 28.7 Å². The van der Waals surface area contributed by atoms with Crippen molar-refractivity contribution in [2.45, 2.75) is 45.1 Å². The minimum atomic E-state index is -0.112. The third-order valence-corrected chi connectivity index (χ3v) is 8.42. The first-order valence-corrected chi connectivity index (χ1v) is 11.5. The first-order valence-electron chi connectivity index (χ1n) is 11.5. The summed E-state index contributed by atoms with van der Waals surface area (Å²) in [6.45, 7) is 2.01. The van der Waals surface area contributed by atoms with Gasteiger partial charge < -0.3 is 5.32 Å². The van der Waals surface area contributed by atoms with Gasteiger partial charge in [-0.25, -0.2) is 0 Å². The molecule has 156 valence electrons. The molecule has 30 heavy (non-hydrogen) atoms. The maximum Gasteiger partial charge on any atom is 0.233 e. The minimum Gasteiger partial charge on any atom is -0.326 e. The Morgan fingerprint density at radius 1 is 0.967 bits per heavy atom. The highest BCUT2D eigenvalue weighted by atomic mass is 16.2. The normalized spacial score (nSPS) is 40.9. The van der Waals surface area contributed by atoms with Gasteiger partial charge in [-0.1, -0.05) is 24.3 Å². The lowest BCUT2D eigenvalue weighted by atomic mass is 9.63. The van der Waals surface area contributed by atoms with E-state index >= 15 is 0 Å². The molecule has 1 aromatic rings. The van der Waals surface area contributed by atoms with Crippen molar-refractivity contribution in [3.63, 3.8) is 0 Å². The molecule has 0 spiro atoms. The van der Waals surface area contributed by atoms with Gasteiger partial charge in [-0.05, 0) is 80.4 Å². The number of nitrogens with zero attached hydrogens (tertiary/aromatic N) is 1. The number of benzene rings is 1. The van der Waals surface area contributed by atoms with E-state index in [1.165, 1.54) is 6.42 Å². The van der Waals surface area contributed by atoms with E-state index in [1.54, 1.807) is 4.90 Å². The quantitative estimate of drug-likeness (QED) is 0.619. The van der Waals surface area contributed by atoms with E-state index in [0.717, 1.165) is 36.9 Å². The second-order valence-corrected chi connectivity index (χ2v) is 10.1. The van der Waals surface area contributed by atoms with Crippen LogP contribution in [0.2, 0.25) is 0 Å². The van der Waals surface area contributed by atoms with Crippen LogP contribution in [-0.2, 0) is 14.4 Å². The Morgan fingerprint density at radius 2 is 1.60 bits per heavy atom. The summed E-state index contributed by atoms with van der Waals surface area (Å²) in [5.74, 6) is 1.75. The molecule has 3 saturated carbocycles. The number of hydrogen-bond acceptors (Lipinski definition) is 3. The van der Waals surface area contributed by atoms with Gasteiger partial charge in [0.15, 0.2) is 0 Å². The lowest BCUT2D eigenvalue weighted by Gasteiger charge is -2.37. The number of nitrogens with one attached hydrogen (secondary N) is 1. The van der Waals surface area contributed by atoms with Gasteiger partial charge in [-0.3, -0.25) is 19.3 Å². The molecule has 1 aliphatic heterocycles.